The van der Waals surface area contributed by atoms with Crippen LogP contribution in [-0.4, -0.2) is 26.7 Å². The molecule has 6 nitrogen and oxygen atoms in total. The van der Waals surface area contributed by atoms with Crippen molar-refractivity contribution >= 4 is 5.91 Å². The Labute approximate surface area is 135 Å². The minimum absolute atomic E-state index is 0.0271. The molecule has 1 unspecified atom stereocenters. The van der Waals surface area contributed by atoms with Crippen LogP contribution in [0.1, 0.15) is 43.4 Å². The fraction of sp³-hybridized carbons (Fsp3) is 0.471. The van der Waals surface area contributed by atoms with E-state index in [2.05, 4.69) is 41.4 Å². The third-order valence-electron chi connectivity index (χ3n) is 4.14. The summed E-state index contributed by atoms with van der Waals surface area (Å²) in [4.78, 5) is 26.2. The lowest BCUT2D eigenvalue weighted by molar-refractivity contribution is 0.0880. The Hall–Kier alpha value is -2.37. The zero-order chi connectivity index (χ0) is 17.0. The Kier molecular flexibility index (Phi) is 5.03. The number of aromatic amines is 1. The molecule has 1 aromatic heterocycles. The molecule has 0 saturated carbocycles. The lowest BCUT2D eigenvalue weighted by Crippen LogP contribution is -2.46. The quantitative estimate of drug-likeness (QED) is 0.854. The Morgan fingerprint density at radius 2 is 2.00 bits per heavy atom. The number of benzene rings is 1. The number of hydrogen-bond acceptors (Lipinski definition) is 3. The third-order valence-corrected chi connectivity index (χ3v) is 4.14. The average molecular weight is 316 g/mol. The van der Waals surface area contributed by atoms with Crippen molar-refractivity contribution in [2.75, 3.05) is 0 Å². The van der Waals surface area contributed by atoms with Gasteiger partial charge in [0.15, 0.2) is 0 Å². The molecule has 2 rings (SSSR count). The van der Waals surface area contributed by atoms with Gasteiger partial charge >= 0.3 is 5.69 Å². The third kappa shape index (κ3) is 4.09. The van der Waals surface area contributed by atoms with Crippen LogP contribution in [-0.2, 0) is 13.5 Å². The van der Waals surface area contributed by atoms with E-state index in [1.165, 1.54) is 12.6 Å². The van der Waals surface area contributed by atoms with Crippen LogP contribution in [0.2, 0.25) is 0 Å². The van der Waals surface area contributed by atoms with Gasteiger partial charge in [0.1, 0.15) is 0 Å². The Morgan fingerprint density at radius 1 is 1.35 bits per heavy atom. The fourth-order valence-corrected chi connectivity index (χ4v) is 2.83. The maximum Gasteiger partial charge on any atom is 0.343 e. The SMILES string of the molecule is CCC(NC(=O)c1nn(C)c(=O)[nH]1)C(C)(C)Cc1ccccc1. The second-order valence-electron chi connectivity index (χ2n) is 6.49. The van der Waals surface area contributed by atoms with Gasteiger partial charge in [-0.3, -0.25) is 9.78 Å². The van der Waals surface area contributed by atoms with E-state index in [0.717, 1.165) is 17.5 Å². The van der Waals surface area contributed by atoms with Crippen LogP contribution in [0.25, 0.3) is 0 Å². The first-order valence-electron chi connectivity index (χ1n) is 7.81. The number of H-pyrrole nitrogens is 1. The second kappa shape index (κ2) is 6.81. The molecular formula is C17H24N4O2. The molecular weight excluding hydrogens is 292 g/mol. The zero-order valence-electron chi connectivity index (χ0n) is 14.1. The van der Waals surface area contributed by atoms with Crippen LogP contribution in [0.15, 0.2) is 35.1 Å². The van der Waals surface area contributed by atoms with Crippen molar-refractivity contribution in [1.29, 1.82) is 0 Å². The number of nitrogens with zero attached hydrogens (tertiary/aromatic N) is 2. The molecule has 0 spiro atoms. The number of carbonyl (C=O) groups is 1. The predicted octanol–water partition coefficient (Wildman–Crippen LogP) is 1.89. The summed E-state index contributed by atoms with van der Waals surface area (Å²) in [6, 6.07) is 10.2. The van der Waals surface area contributed by atoms with E-state index < -0.39 is 5.69 Å². The molecule has 23 heavy (non-hydrogen) atoms. The summed E-state index contributed by atoms with van der Waals surface area (Å²) >= 11 is 0. The standard InChI is InChI=1S/C17H24N4O2/c1-5-13(17(2,3)11-12-9-7-6-8-10-12)18-15(22)14-19-16(23)21(4)20-14/h6-10,13H,5,11H2,1-4H3,(H,18,22)(H,19,20,23). The highest BCUT2D eigenvalue weighted by Gasteiger charge is 2.30. The molecule has 1 aromatic carbocycles. The van der Waals surface area contributed by atoms with Crippen LogP contribution in [0.3, 0.4) is 0 Å². The zero-order valence-corrected chi connectivity index (χ0v) is 14.1. The number of aryl methyl sites for hydroxylation is 1. The van der Waals surface area contributed by atoms with Crippen molar-refractivity contribution < 1.29 is 4.79 Å². The molecule has 0 aliphatic heterocycles. The molecule has 6 heteroatoms. The van der Waals surface area contributed by atoms with Gasteiger partial charge in [-0.2, -0.15) is 0 Å². The van der Waals surface area contributed by atoms with E-state index >= 15 is 0 Å². The van der Waals surface area contributed by atoms with E-state index in [4.69, 9.17) is 0 Å². The first kappa shape index (κ1) is 17.0. The minimum atomic E-state index is -0.397. The van der Waals surface area contributed by atoms with Gasteiger partial charge in [0.2, 0.25) is 5.82 Å². The summed E-state index contributed by atoms with van der Waals surface area (Å²) < 4.78 is 1.12. The highest BCUT2D eigenvalue weighted by atomic mass is 16.2. The summed E-state index contributed by atoms with van der Waals surface area (Å²) in [6.45, 7) is 6.31. The minimum Gasteiger partial charge on any atom is -0.346 e. The topological polar surface area (TPSA) is 79.8 Å². The van der Waals surface area contributed by atoms with E-state index in [0.29, 0.717) is 0 Å². The van der Waals surface area contributed by atoms with E-state index in [1.54, 1.807) is 0 Å². The summed E-state index contributed by atoms with van der Waals surface area (Å²) in [7, 11) is 1.51. The van der Waals surface area contributed by atoms with Crippen LogP contribution in [0.4, 0.5) is 0 Å². The summed E-state index contributed by atoms with van der Waals surface area (Å²) in [5.41, 5.74) is 0.712. The summed E-state index contributed by atoms with van der Waals surface area (Å²) in [6.07, 6.45) is 1.65. The monoisotopic (exact) mass is 316 g/mol. The molecule has 0 bridgehead atoms. The van der Waals surface area contributed by atoms with Gasteiger partial charge in [0.25, 0.3) is 5.91 Å². The normalized spacial score (nSPS) is 12.9. The van der Waals surface area contributed by atoms with Gasteiger partial charge in [-0.05, 0) is 23.8 Å². The summed E-state index contributed by atoms with van der Waals surface area (Å²) in [5.74, 6) is -0.304. The molecule has 1 heterocycles. The number of carbonyl (C=O) groups excluding carboxylic acids is 1. The number of amides is 1. The Bertz CT molecular complexity index is 716. The van der Waals surface area contributed by atoms with Crippen molar-refractivity contribution in [2.45, 2.75) is 39.7 Å². The molecule has 0 aliphatic rings. The molecule has 0 fully saturated rings. The Balaban J connectivity index is 2.11. The number of aromatic nitrogens is 3. The predicted molar refractivity (Wildman–Crippen MR) is 89.3 cm³/mol. The highest BCUT2D eigenvalue weighted by molar-refractivity contribution is 5.90. The van der Waals surface area contributed by atoms with Crippen molar-refractivity contribution in [1.82, 2.24) is 20.1 Å². The summed E-state index contributed by atoms with van der Waals surface area (Å²) in [5, 5.41) is 6.90. The highest BCUT2D eigenvalue weighted by Crippen LogP contribution is 2.28. The fourth-order valence-electron chi connectivity index (χ4n) is 2.83. The van der Waals surface area contributed by atoms with Gasteiger partial charge in [-0.15, -0.1) is 5.10 Å². The molecule has 124 valence electrons. The lowest BCUT2D eigenvalue weighted by Gasteiger charge is -2.34. The molecule has 0 saturated heterocycles. The first-order valence-corrected chi connectivity index (χ1v) is 7.81. The molecule has 0 radical (unpaired) electrons. The van der Waals surface area contributed by atoms with Gasteiger partial charge in [-0.25, -0.2) is 9.48 Å². The van der Waals surface area contributed by atoms with Gasteiger partial charge in [0.05, 0.1) is 0 Å². The maximum atomic E-state index is 12.3. The van der Waals surface area contributed by atoms with E-state index in [9.17, 15) is 9.59 Å². The van der Waals surface area contributed by atoms with E-state index in [1.807, 2.05) is 25.1 Å². The van der Waals surface area contributed by atoms with Crippen LogP contribution < -0.4 is 11.0 Å². The lowest BCUT2D eigenvalue weighted by atomic mass is 9.77. The van der Waals surface area contributed by atoms with Gasteiger partial charge in [-0.1, -0.05) is 51.1 Å². The molecule has 2 aromatic rings. The second-order valence-corrected chi connectivity index (χ2v) is 6.49. The van der Waals surface area contributed by atoms with Crippen LogP contribution in [0.5, 0.6) is 0 Å². The smallest absolute Gasteiger partial charge is 0.343 e. The van der Waals surface area contributed by atoms with Crippen molar-refractivity contribution in [3.63, 3.8) is 0 Å². The molecule has 2 N–H and O–H groups in total. The van der Waals surface area contributed by atoms with Crippen LogP contribution >= 0.6 is 0 Å². The van der Waals surface area contributed by atoms with E-state index in [-0.39, 0.29) is 23.2 Å². The van der Waals surface area contributed by atoms with Crippen molar-refractivity contribution in [3.05, 3.63) is 52.2 Å². The number of nitrogens with one attached hydrogen (secondary N) is 2. The van der Waals surface area contributed by atoms with Crippen molar-refractivity contribution in [2.24, 2.45) is 12.5 Å². The maximum absolute atomic E-state index is 12.3. The van der Waals surface area contributed by atoms with Crippen LogP contribution in [0, 0.1) is 5.41 Å². The molecule has 1 atom stereocenters. The number of hydrogen-bond donors (Lipinski definition) is 2. The van der Waals surface area contributed by atoms with Gasteiger partial charge < -0.3 is 5.32 Å². The largest absolute Gasteiger partial charge is 0.346 e. The molecule has 0 aliphatic carbocycles. The average Bonchev–Trinajstić information content (AvgIpc) is 2.84. The van der Waals surface area contributed by atoms with Gasteiger partial charge in [0, 0.05) is 13.1 Å². The number of rotatable bonds is 6. The van der Waals surface area contributed by atoms with Crippen molar-refractivity contribution in [3.8, 4) is 0 Å². The first-order chi connectivity index (χ1) is 10.8. The Morgan fingerprint density at radius 3 is 2.52 bits per heavy atom. The molecule has 1 amide bonds.